The first kappa shape index (κ1) is 17.1. The van der Waals surface area contributed by atoms with E-state index in [1.165, 1.54) is 18.9 Å². The zero-order valence-corrected chi connectivity index (χ0v) is 14.3. The second-order valence-corrected chi connectivity index (χ2v) is 6.54. The van der Waals surface area contributed by atoms with Gasteiger partial charge in [0.15, 0.2) is 0 Å². The van der Waals surface area contributed by atoms with Crippen LogP contribution in [0.5, 0.6) is 5.75 Å². The number of benzene rings is 1. The highest BCUT2D eigenvalue weighted by molar-refractivity contribution is 5.85. The number of hydrogen-bond acceptors (Lipinski definition) is 4. The maximum atomic E-state index is 11.4. The maximum absolute atomic E-state index is 11.4. The first-order valence-corrected chi connectivity index (χ1v) is 8.30. The van der Waals surface area contributed by atoms with E-state index in [1.807, 2.05) is 24.3 Å². The predicted octanol–water partition coefficient (Wildman–Crippen LogP) is 3.78. The topological polar surface area (TPSA) is 42.7 Å². The van der Waals surface area contributed by atoms with Crippen molar-refractivity contribution in [3.8, 4) is 5.75 Å². The van der Waals surface area contributed by atoms with Crippen molar-refractivity contribution in [2.24, 2.45) is 0 Å². The Hall–Kier alpha value is -1.78. The molecule has 2 aromatic rings. The lowest BCUT2D eigenvalue weighted by Crippen LogP contribution is -2.46. The molecule has 2 aliphatic rings. The second-order valence-electron chi connectivity index (χ2n) is 6.54. The summed E-state index contributed by atoms with van der Waals surface area (Å²) in [5.74, 6) is 0.786. The van der Waals surface area contributed by atoms with Crippen molar-refractivity contribution in [2.75, 3.05) is 6.54 Å². The van der Waals surface area contributed by atoms with Crippen LogP contribution in [0.3, 0.4) is 0 Å². The molecule has 24 heavy (non-hydrogen) atoms. The van der Waals surface area contributed by atoms with Crippen molar-refractivity contribution >= 4 is 23.4 Å². The average molecular weight is 348 g/mol. The molecular formula is C19H22ClNO3. The Bertz CT molecular complexity index is 774. The lowest BCUT2D eigenvalue weighted by atomic mass is 9.99. The SMILES string of the molecule is C=CCN1C2CCC1CC(Oc1ccc3ccc(=O)oc3c1)C2.Cl. The van der Waals surface area contributed by atoms with E-state index in [0.29, 0.717) is 17.7 Å². The Kier molecular flexibility index (Phi) is 4.97. The molecule has 3 heterocycles. The lowest BCUT2D eigenvalue weighted by Gasteiger charge is -2.38. The van der Waals surface area contributed by atoms with Crippen molar-refractivity contribution < 1.29 is 9.15 Å². The largest absolute Gasteiger partial charge is 0.490 e. The number of rotatable bonds is 4. The van der Waals surface area contributed by atoms with Gasteiger partial charge in [-0.15, -0.1) is 19.0 Å². The van der Waals surface area contributed by atoms with Gasteiger partial charge in [-0.25, -0.2) is 4.79 Å². The highest BCUT2D eigenvalue weighted by atomic mass is 35.5. The van der Waals surface area contributed by atoms with Gasteiger partial charge >= 0.3 is 5.63 Å². The number of halogens is 1. The van der Waals surface area contributed by atoms with Crippen LogP contribution >= 0.6 is 12.4 Å². The van der Waals surface area contributed by atoms with E-state index in [-0.39, 0.29) is 24.1 Å². The van der Waals surface area contributed by atoms with Gasteiger partial charge in [0.2, 0.25) is 0 Å². The Balaban J connectivity index is 0.00000169. The monoisotopic (exact) mass is 347 g/mol. The summed E-state index contributed by atoms with van der Waals surface area (Å²) in [5.41, 5.74) is 0.257. The summed E-state index contributed by atoms with van der Waals surface area (Å²) in [5, 5.41) is 0.915. The summed E-state index contributed by atoms with van der Waals surface area (Å²) < 4.78 is 11.4. The van der Waals surface area contributed by atoms with Crippen molar-refractivity contribution in [1.29, 1.82) is 0 Å². The summed E-state index contributed by atoms with van der Waals surface area (Å²) in [6.07, 6.45) is 6.86. The minimum Gasteiger partial charge on any atom is -0.490 e. The Morgan fingerprint density at radius 1 is 1.21 bits per heavy atom. The molecule has 0 amide bonds. The van der Waals surface area contributed by atoms with E-state index in [4.69, 9.17) is 9.15 Å². The minimum absolute atomic E-state index is 0. The summed E-state index contributed by atoms with van der Waals surface area (Å²) in [4.78, 5) is 13.9. The van der Waals surface area contributed by atoms with E-state index in [0.717, 1.165) is 30.5 Å². The number of hydrogen-bond donors (Lipinski definition) is 0. The molecule has 2 aliphatic heterocycles. The quantitative estimate of drug-likeness (QED) is 0.623. The van der Waals surface area contributed by atoms with Crippen LogP contribution in [-0.4, -0.2) is 29.6 Å². The molecular weight excluding hydrogens is 326 g/mol. The van der Waals surface area contributed by atoms with Crippen molar-refractivity contribution in [3.63, 3.8) is 0 Å². The molecule has 0 aliphatic carbocycles. The van der Waals surface area contributed by atoms with E-state index >= 15 is 0 Å². The molecule has 2 bridgehead atoms. The fourth-order valence-corrected chi connectivity index (χ4v) is 4.07. The first-order chi connectivity index (χ1) is 11.2. The maximum Gasteiger partial charge on any atom is 0.336 e. The summed E-state index contributed by atoms with van der Waals surface area (Å²) >= 11 is 0. The standard InChI is InChI=1S/C19H21NO3.ClH/c1-2-9-20-14-5-6-15(20)11-17(10-14)22-16-7-3-13-4-8-19(21)23-18(13)12-16;/h2-4,7-8,12,14-15,17H,1,5-6,9-11H2;1H. The third-order valence-electron chi connectivity index (χ3n) is 5.08. The molecule has 1 aromatic carbocycles. The predicted molar refractivity (Wildman–Crippen MR) is 97.1 cm³/mol. The molecule has 0 spiro atoms. The van der Waals surface area contributed by atoms with Gasteiger partial charge in [0.05, 0.1) is 0 Å². The van der Waals surface area contributed by atoms with E-state index in [1.54, 1.807) is 6.07 Å². The van der Waals surface area contributed by atoms with Gasteiger partial charge in [-0.1, -0.05) is 6.08 Å². The second kappa shape index (κ2) is 6.99. The molecule has 2 atom stereocenters. The number of nitrogens with zero attached hydrogens (tertiary/aromatic N) is 1. The molecule has 128 valence electrons. The minimum atomic E-state index is -0.328. The average Bonchev–Trinajstić information content (AvgIpc) is 2.78. The van der Waals surface area contributed by atoms with E-state index in [2.05, 4.69) is 11.5 Å². The molecule has 2 unspecified atom stereocenters. The van der Waals surface area contributed by atoms with Crippen LogP contribution in [0.1, 0.15) is 25.7 Å². The van der Waals surface area contributed by atoms with Gasteiger partial charge in [-0.3, -0.25) is 4.90 Å². The Morgan fingerprint density at radius 2 is 1.92 bits per heavy atom. The Labute approximate surface area is 147 Å². The van der Waals surface area contributed by atoms with Crippen LogP contribution in [0.2, 0.25) is 0 Å². The van der Waals surface area contributed by atoms with Gasteiger partial charge < -0.3 is 9.15 Å². The molecule has 4 rings (SSSR count). The van der Waals surface area contributed by atoms with Gasteiger partial charge in [-0.05, 0) is 43.9 Å². The van der Waals surface area contributed by atoms with Gasteiger partial charge in [0, 0.05) is 36.1 Å². The highest BCUT2D eigenvalue weighted by Gasteiger charge is 2.40. The van der Waals surface area contributed by atoms with Crippen LogP contribution in [0.25, 0.3) is 11.0 Å². The van der Waals surface area contributed by atoms with Gasteiger partial charge in [0.1, 0.15) is 17.4 Å². The molecule has 2 fully saturated rings. The number of piperidine rings is 1. The fraction of sp³-hybridized carbons (Fsp3) is 0.421. The van der Waals surface area contributed by atoms with Crippen LogP contribution in [-0.2, 0) is 0 Å². The van der Waals surface area contributed by atoms with Crippen LogP contribution in [0, 0.1) is 0 Å². The summed E-state index contributed by atoms with van der Waals surface area (Å²) in [7, 11) is 0. The highest BCUT2D eigenvalue weighted by Crippen LogP contribution is 2.37. The molecule has 4 nitrogen and oxygen atoms in total. The number of fused-ring (bicyclic) bond motifs is 3. The Morgan fingerprint density at radius 3 is 2.62 bits per heavy atom. The van der Waals surface area contributed by atoms with Gasteiger partial charge in [-0.2, -0.15) is 0 Å². The first-order valence-electron chi connectivity index (χ1n) is 8.30. The van der Waals surface area contributed by atoms with Gasteiger partial charge in [0.25, 0.3) is 0 Å². The molecule has 0 N–H and O–H groups in total. The van der Waals surface area contributed by atoms with E-state index in [9.17, 15) is 4.79 Å². The van der Waals surface area contributed by atoms with Crippen molar-refractivity contribution in [3.05, 3.63) is 53.4 Å². The van der Waals surface area contributed by atoms with Crippen LogP contribution in [0.15, 0.2) is 52.2 Å². The van der Waals surface area contributed by atoms with Crippen molar-refractivity contribution in [1.82, 2.24) is 4.90 Å². The zero-order chi connectivity index (χ0) is 15.8. The summed E-state index contributed by atoms with van der Waals surface area (Å²) in [6.45, 7) is 4.84. The molecule has 2 saturated heterocycles. The molecule has 5 heteroatoms. The fourth-order valence-electron chi connectivity index (χ4n) is 4.07. The zero-order valence-electron chi connectivity index (χ0n) is 13.5. The molecule has 1 aromatic heterocycles. The summed E-state index contributed by atoms with van der Waals surface area (Å²) in [6, 6.07) is 10.2. The number of ether oxygens (including phenoxy) is 1. The molecule has 0 saturated carbocycles. The third-order valence-corrected chi connectivity index (χ3v) is 5.08. The van der Waals surface area contributed by atoms with Crippen molar-refractivity contribution in [2.45, 2.75) is 43.9 Å². The third kappa shape index (κ3) is 3.21. The van der Waals surface area contributed by atoms with E-state index < -0.39 is 0 Å². The molecule has 0 radical (unpaired) electrons. The van der Waals surface area contributed by atoms with Crippen LogP contribution in [0.4, 0.5) is 0 Å². The normalized spacial score (nSPS) is 26.1. The lowest BCUT2D eigenvalue weighted by molar-refractivity contribution is 0.0570. The smallest absolute Gasteiger partial charge is 0.336 e. The van der Waals surface area contributed by atoms with Crippen LogP contribution < -0.4 is 10.4 Å².